The van der Waals surface area contributed by atoms with Crippen molar-refractivity contribution in [2.75, 3.05) is 0 Å². The molecular formula is C43H53IrN2O3-. The Morgan fingerprint density at radius 1 is 0.878 bits per heavy atom. The molecule has 1 aliphatic rings. The average Bonchev–Trinajstić information content (AvgIpc) is 3.40. The third-order valence-corrected chi connectivity index (χ3v) is 10.7. The van der Waals surface area contributed by atoms with Crippen LogP contribution >= 0.6 is 0 Å². The third kappa shape index (κ3) is 7.71. The van der Waals surface area contributed by atoms with Crippen LogP contribution < -0.4 is 0 Å². The number of carbonyl (C=O) groups is 1. The molecule has 0 fully saturated rings. The van der Waals surface area contributed by atoms with E-state index in [1.165, 1.54) is 35.4 Å². The number of nitrogens with zero attached hydrogens (tertiary/aromatic N) is 2. The van der Waals surface area contributed by atoms with Gasteiger partial charge in [-0.3, -0.25) is 4.79 Å². The number of hydrogen-bond acceptors (Lipinski definition) is 5. The summed E-state index contributed by atoms with van der Waals surface area (Å²) in [6.45, 7) is 21.6. The number of fused-ring (bicyclic) bond motifs is 5. The van der Waals surface area contributed by atoms with E-state index >= 15 is 0 Å². The number of allylic oxidation sites excluding steroid dienone is 2. The van der Waals surface area contributed by atoms with Crippen molar-refractivity contribution in [2.45, 2.75) is 119 Å². The van der Waals surface area contributed by atoms with Crippen LogP contribution in [0.25, 0.3) is 44.1 Å². The number of carbonyl (C=O) groups excluding carboxylic acids is 1. The smallest absolute Gasteiger partial charge is 0.216 e. The van der Waals surface area contributed by atoms with Crippen molar-refractivity contribution in [3.8, 4) is 11.3 Å². The maximum atomic E-state index is 11.7. The predicted octanol–water partition coefficient (Wildman–Crippen LogP) is 11.8. The minimum atomic E-state index is 0. The zero-order chi connectivity index (χ0) is 35.0. The van der Waals surface area contributed by atoms with Crippen molar-refractivity contribution in [1.82, 2.24) is 9.97 Å². The Morgan fingerprint density at radius 3 is 2.10 bits per heavy atom. The molecule has 0 aliphatic heterocycles. The number of aliphatic hydroxyl groups excluding tert-OH is 1. The topological polar surface area (TPSA) is 76.2 Å². The molecule has 0 amide bonds. The van der Waals surface area contributed by atoms with Crippen LogP contribution in [0.3, 0.4) is 0 Å². The molecule has 0 saturated carbocycles. The van der Waals surface area contributed by atoms with E-state index in [9.17, 15) is 9.90 Å². The number of aromatic nitrogens is 2. The van der Waals surface area contributed by atoms with Gasteiger partial charge in [0.15, 0.2) is 5.78 Å². The summed E-state index contributed by atoms with van der Waals surface area (Å²) in [4.78, 5) is 21.2. The van der Waals surface area contributed by atoms with E-state index in [1.54, 1.807) is 0 Å². The molecule has 0 spiro atoms. The van der Waals surface area contributed by atoms with Crippen LogP contribution in [0.1, 0.15) is 116 Å². The van der Waals surface area contributed by atoms with Gasteiger partial charge in [-0.2, -0.15) is 0 Å². The summed E-state index contributed by atoms with van der Waals surface area (Å²) in [6, 6.07) is 16.8. The average molecular weight is 838 g/mol. The minimum absolute atomic E-state index is 0. The molecule has 0 unspecified atom stereocenters. The second kappa shape index (κ2) is 15.3. The van der Waals surface area contributed by atoms with Gasteiger partial charge in [-0.05, 0) is 102 Å². The molecule has 1 N–H and O–H groups in total. The Kier molecular flexibility index (Phi) is 12.0. The number of aryl methyl sites for hydroxylation is 2. The fourth-order valence-electron chi connectivity index (χ4n) is 7.31. The van der Waals surface area contributed by atoms with Crippen molar-refractivity contribution in [3.63, 3.8) is 0 Å². The predicted molar refractivity (Wildman–Crippen MR) is 200 cm³/mol. The summed E-state index contributed by atoms with van der Waals surface area (Å²) in [7, 11) is 0. The van der Waals surface area contributed by atoms with Gasteiger partial charge in [0.25, 0.3) is 0 Å². The zero-order valence-electron chi connectivity index (χ0n) is 31.0. The number of hydrogen-bond donors (Lipinski definition) is 1. The summed E-state index contributed by atoms with van der Waals surface area (Å²) < 4.78 is 6.33. The Balaban J connectivity index is 0.000000290. The Labute approximate surface area is 306 Å². The van der Waals surface area contributed by atoms with Crippen LogP contribution in [-0.4, -0.2) is 20.9 Å². The maximum Gasteiger partial charge on any atom is 0.216 e. The monoisotopic (exact) mass is 838 g/mol. The summed E-state index contributed by atoms with van der Waals surface area (Å²) >= 11 is 0. The van der Waals surface area contributed by atoms with Crippen molar-refractivity contribution in [1.29, 1.82) is 0 Å². The van der Waals surface area contributed by atoms with Crippen LogP contribution in [0.5, 0.6) is 0 Å². The number of rotatable bonds is 8. The van der Waals surface area contributed by atoms with Gasteiger partial charge in [0.2, 0.25) is 5.71 Å². The van der Waals surface area contributed by atoms with Crippen molar-refractivity contribution in [3.05, 3.63) is 82.9 Å². The molecule has 2 aromatic carbocycles. The number of ketones is 1. The molecule has 49 heavy (non-hydrogen) atoms. The number of benzene rings is 2. The molecule has 6 rings (SSSR count). The van der Waals surface area contributed by atoms with Crippen molar-refractivity contribution >= 4 is 38.6 Å². The van der Waals surface area contributed by atoms with Crippen LogP contribution in [0.4, 0.5) is 0 Å². The van der Waals surface area contributed by atoms with Crippen molar-refractivity contribution in [2.24, 2.45) is 11.8 Å². The Morgan fingerprint density at radius 2 is 1.49 bits per heavy atom. The molecule has 5 aromatic rings. The van der Waals surface area contributed by atoms with Gasteiger partial charge in [-0.1, -0.05) is 85.4 Å². The van der Waals surface area contributed by atoms with Crippen LogP contribution in [-0.2, 0) is 35.7 Å². The molecule has 1 radical (unpaired) electrons. The fraction of sp³-hybridized carbons (Fsp3) is 0.465. The first kappa shape index (κ1) is 38.5. The maximum absolute atomic E-state index is 11.7. The van der Waals surface area contributed by atoms with E-state index in [-0.39, 0.29) is 54.3 Å². The largest absolute Gasteiger partial charge is 0.512 e. The molecule has 3 heterocycles. The molecule has 1 aliphatic carbocycles. The van der Waals surface area contributed by atoms with Crippen LogP contribution in [0.15, 0.2) is 58.8 Å². The van der Waals surface area contributed by atoms with E-state index in [2.05, 4.69) is 76.0 Å². The summed E-state index contributed by atoms with van der Waals surface area (Å²) in [6.07, 6.45) is 9.21. The van der Waals surface area contributed by atoms with Gasteiger partial charge in [0.1, 0.15) is 0 Å². The molecule has 0 atom stereocenters. The van der Waals surface area contributed by atoms with Gasteiger partial charge in [0.05, 0.1) is 11.3 Å². The van der Waals surface area contributed by atoms with Crippen LogP contribution in [0.2, 0.25) is 0 Å². The number of aliphatic hydroxyl groups is 1. The van der Waals surface area contributed by atoms with E-state index < -0.39 is 0 Å². The normalized spacial score (nSPS) is 15.3. The van der Waals surface area contributed by atoms with Gasteiger partial charge in [-0.25, -0.2) is 4.98 Å². The second-order valence-electron chi connectivity index (χ2n) is 15.0. The molecule has 3 aromatic heterocycles. The summed E-state index contributed by atoms with van der Waals surface area (Å²) in [5.74, 6) is 0.547. The Hall–Kier alpha value is -3.34. The van der Waals surface area contributed by atoms with E-state index in [0.717, 1.165) is 69.9 Å². The standard InChI is InChI=1S/C30H29N2O.C13H24O2.Ir/c1-17-13-22-20-8-7-18(2)32-28(20)33-27(22)23(14-17)26-21-16-25-24(15-19(21)9-12-31-26)29(3,4)10-11-30(25,5)6;1-5-10(6-2)12(14)9-13(15)11(7-3)8-4;/h7-9,12-13,15-16H,10-11H2,1-6H3;9-11,14H,5-8H2,1-4H3;/q-1;;/b;12-9-;. The van der Waals surface area contributed by atoms with E-state index in [0.29, 0.717) is 5.71 Å². The van der Waals surface area contributed by atoms with E-state index in [1.807, 2.05) is 46.9 Å². The number of furan rings is 1. The first-order valence-electron chi connectivity index (χ1n) is 17.9. The second-order valence-corrected chi connectivity index (χ2v) is 15.0. The molecule has 5 nitrogen and oxygen atoms in total. The number of pyridine rings is 2. The van der Waals surface area contributed by atoms with Gasteiger partial charge < -0.3 is 14.5 Å². The van der Waals surface area contributed by atoms with Gasteiger partial charge >= 0.3 is 0 Å². The fourth-order valence-corrected chi connectivity index (χ4v) is 7.31. The molecule has 6 heteroatoms. The summed E-state index contributed by atoms with van der Waals surface area (Å²) in [5, 5.41) is 14.2. The molecule has 0 bridgehead atoms. The van der Waals surface area contributed by atoms with Gasteiger partial charge in [-0.15, -0.1) is 17.7 Å². The Bertz CT molecular complexity index is 1990. The zero-order valence-corrected chi connectivity index (χ0v) is 33.4. The minimum Gasteiger partial charge on any atom is -0.512 e. The third-order valence-electron chi connectivity index (χ3n) is 10.7. The van der Waals surface area contributed by atoms with Crippen LogP contribution in [0, 0.1) is 31.7 Å². The molecular weight excluding hydrogens is 785 g/mol. The van der Waals surface area contributed by atoms with Crippen molar-refractivity contribution < 1.29 is 34.4 Å². The summed E-state index contributed by atoms with van der Waals surface area (Å²) in [5.41, 5.74) is 8.56. The first-order valence-corrected chi connectivity index (χ1v) is 17.9. The molecule has 0 saturated heterocycles. The van der Waals surface area contributed by atoms with E-state index in [4.69, 9.17) is 9.40 Å². The quantitative estimate of drug-likeness (QED) is 0.0957. The SMILES string of the molecule is CCC(CC)C(=O)/C=C(\O)C(CC)CC.Cc1[c-]c(-c2nccc3cc4c(cc23)C(C)(C)CCC4(C)C)c2oc3nc(C)ccc3c2c1.[Ir]. The van der Waals surface area contributed by atoms with Gasteiger partial charge in [0, 0.05) is 55.3 Å². The first-order chi connectivity index (χ1) is 22.7. The molecule has 263 valence electrons.